The van der Waals surface area contributed by atoms with E-state index in [0.717, 1.165) is 4.47 Å². The highest BCUT2D eigenvalue weighted by molar-refractivity contribution is 9.10. The summed E-state index contributed by atoms with van der Waals surface area (Å²) in [5, 5.41) is -0.859. The van der Waals surface area contributed by atoms with E-state index < -0.39 is 11.3 Å². The van der Waals surface area contributed by atoms with Gasteiger partial charge in [0.2, 0.25) is 0 Å². The molecule has 0 aliphatic rings. The minimum absolute atomic E-state index is 0.506. The van der Waals surface area contributed by atoms with Gasteiger partial charge in [-0.3, -0.25) is 4.79 Å². The van der Waals surface area contributed by atoms with E-state index in [4.69, 9.17) is 16.3 Å². The standard InChI is InChI=1S/C10H10BrClO3/c1-14-8-4-3-6(11)5-7(8)9(12)10(13)15-2/h3-5,9H,1-2H3/t9-/m0/s1. The minimum Gasteiger partial charge on any atom is -0.496 e. The molecule has 15 heavy (non-hydrogen) atoms. The summed E-state index contributed by atoms with van der Waals surface area (Å²) >= 11 is 9.24. The number of alkyl halides is 1. The molecular weight excluding hydrogens is 283 g/mol. The summed E-state index contributed by atoms with van der Waals surface area (Å²) in [4.78, 5) is 11.3. The van der Waals surface area contributed by atoms with Gasteiger partial charge in [-0.15, -0.1) is 11.6 Å². The molecule has 0 spiro atoms. The van der Waals surface area contributed by atoms with E-state index in [1.54, 1.807) is 12.1 Å². The van der Waals surface area contributed by atoms with E-state index >= 15 is 0 Å². The molecule has 82 valence electrons. The normalized spacial score (nSPS) is 12.0. The lowest BCUT2D eigenvalue weighted by Crippen LogP contribution is -2.09. The molecule has 0 saturated carbocycles. The van der Waals surface area contributed by atoms with Gasteiger partial charge in [0.1, 0.15) is 5.75 Å². The highest BCUT2D eigenvalue weighted by Crippen LogP contribution is 2.32. The fourth-order valence-corrected chi connectivity index (χ4v) is 1.77. The lowest BCUT2D eigenvalue weighted by molar-refractivity contribution is -0.140. The van der Waals surface area contributed by atoms with Gasteiger partial charge >= 0.3 is 5.97 Å². The van der Waals surface area contributed by atoms with Gasteiger partial charge in [-0.05, 0) is 18.2 Å². The highest BCUT2D eigenvalue weighted by Gasteiger charge is 2.22. The van der Waals surface area contributed by atoms with Crippen LogP contribution < -0.4 is 4.74 Å². The van der Waals surface area contributed by atoms with Crippen LogP contribution in [0.25, 0.3) is 0 Å². The quantitative estimate of drug-likeness (QED) is 0.635. The Bertz CT molecular complexity index is 368. The molecule has 5 heteroatoms. The van der Waals surface area contributed by atoms with Crippen LogP contribution in [0.1, 0.15) is 10.9 Å². The minimum atomic E-state index is -0.859. The third-order valence-electron chi connectivity index (χ3n) is 1.87. The van der Waals surface area contributed by atoms with E-state index in [1.807, 2.05) is 6.07 Å². The SMILES string of the molecule is COC(=O)[C@@H](Cl)c1cc(Br)ccc1OC. The maximum atomic E-state index is 11.3. The molecule has 3 nitrogen and oxygen atoms in total. The monoisotopic (exact) mass is 292 g/mol. The van der Waals surface area contributed by atoms with E-state index in [1.165, 1.54) is 14.2 Å². The van der Waals surface area contributed by atoms with Crippen molar-refractivity contribution in [3.8, 4) is 5.75 Å². The zero-order valence-electron chi connectivity index (χ0n) is 8.29. The first kappa shape index (κ1) is 12.3. The number of methoxy groups -OCH3 is 2. The number of halogens is 2. The summed E-state index contributed by atoms with van der Waals surface area (Å²) in [6.45, 7) is 0. The molecule has 0 aromatic heterocycles. The van der Waals surface area contributed by atoms with Gasteiger partial charge < -0.3 is 9.47 Å². The van der Waals surface area contributed by atoms with Crippen LogP contribution in [0.5, 0.6) is 5.75 Å². The summed E-state index contributed by atoms with van der Waals surface area (Å²) in [5.74, 6) is 0.0525. The number of ether oxygens (including phenoxy) is 2. The highest BCUT2D eigenvalue weighted by atomic mass is 79.9. The second kappa shape index (κ2) is 5.37. The van der Waals surface area contributed by atoms with Crippen LogP contribution >= 0.6 is 27.5 Å². The van der Waals surface area contributed by atoms with Gasteiger partial charge in [-0.2, -0.15) is 0 Å². The first-order valence-electron chi connectivity index (χ1n) is 4.15. The Morgan fingerprint density at radius 1 is 1.47 bits per heavy atom. The number of hydrogen-bond acceptors (Lipinski definition) is 3. The molecule has 0 unspecified atom stereocenters. The molecule has 0 fully saturated rings. The molecule has 0 radical (unpaired) electrons. The van der Waals surface area contributed by atoms with Crippen molar-refractivity contribution >= 4 is 33.5 Å². The summed E-state index contributed by atoms with van der Waals surface area (Å²) < 4.78 is 10.5. The molecule has 0 N–H and O–H groups in total. The Kier molecular flexibility index (Phi) is 4.42. The fourth-order valence-electron chi connectivity index (χ4n) is 1.13. The van der Waals surface area contributed by atoms with Crippen LogP contribution in [0.2, 0.25) is 0 Å². The van der Waals surface area contributed by atoms with Crippen LogP contribution in [0, 0.1) is 0 Å². The van der Waals surface area contributed by atoms with Gasteiger partial charge in [-0.25, -0.2) is 0 Å². The van der Waals surface area contributed by atoms with Crippen LogP contribution in [0.4, 0.5) is 0 Å². The van der Waals surface area contributed by atoms with Crippen LogP contribution in [-0.4, -0.2) is 20.2 Å². The lowest BCUT2D eigenvalue weighted by Gasteiger charge is -2.12. The molecule has 1 rings (SSSR count). The van der Waals surface area contributed by atoms with Crippen molar-refractivity contribution in [1.29, 1.82) is 0 Å². The summed E-state index contributed by atoms with van der Waals surface area (Å²) in [7, 11) is 2.82. The maximum Gasteiger partial charge on any atom is 0.328 e. The van der Waals surface area contributed by atoms with Crippen molar-refractivity contribution < 1.29 is 14.3 Å². The Morgan fingerprint density at radius 3 is 2.67 bits per heavy atom. The van der Waals surface area contributed by atoms with E-state index in [9.17, 15) is 4.79 Å². The molecule has 1 atom stereocenters. The summed E-state index contributed by atoms with van der Waals surface area (Å²) in [5.41, 5.74) is 0.584. The second-order valence-electron chi connectivity index (χ2n) is 2.77. The van der Waals surface area contributed by atoms with E-state index in [2.05, 4.69) is 20.7 Å². The van der Waals surface area contributed by atoms with Gasteiger partial charge in [-0.1, -0.05) is 15.9 Å². The van der Waals surface area contributed by atoms with E-state index in [-0.39, 0.29) is 0 Å². The third-order valence-corrected chi connectivity index (χ3v) is 2.78. The lowest BCUT2D eigenvalue weighted by atomic mass is 10.1. The van der Waals surface area contributed by atoms with Gasteiger partial charge in [0.15, 0.2) is 5.38 Å². The Balaban J connectivity index is 3.10. The van der Waals surface area contributed by atoms with Crippen LogP contribution in [0.3, 0.4) is 0 Å². The van der Waals surface area contributed by atoms with Crippen LogP contribution in [0.15, 0.2) is 22.7 Å². The molecule has 1 aromatic carbocycles. The maximum absolute atomic E-state index is 11.3. The zero-order valence-corrected chi connectivity index (χ0v) is 10.6. The number of benzene rings is 1. The van der Waals surface area contributed by atoms with Crippen molar-refractivity contribution in [2.45, 2.75) is 5.38 Å². The number of rotatable bonds is 3. The van der Waals surface area contributed by atoms with Crippen LogP contribution in [-0.2, 0) is 9.53 Å². The number of esters is 1. The topological polar surface area (TPSA) is 35.5 Å². The predicted octanol–water partition coefficient (Wildman–Crippen LogP) is 2.91. The van der Waals surface area contributed by atoms with E-state index in [0.29, 0.717) is 11.3 Å². The zero-order chi connectivity index (χ0) is 11.4. The molecule has 0 amide bonds. The first-order valence-corrected chi connectivity index (χ1v) is 5.38. The number of carbonyl (C=O) groups is 1. The van der Waals surface area contributed by atoms with Gasteiger partial charge in [0.05, 0.1) is 14.2 Å². The Labute approximate surface area is 101 Å². The molecule has 0 saturated heterocycles. The largest absolute Gasteiger partial charge is 0.496 e. The van der Waals surface area contributed by atoms with Crippen molar-refractivity contribution in [2.75, 3.05) is 14.2 Å². The smallest absolute Gasteiger partial charge is 0.328 e. The van der Waals surface area contributed by atoms with Crippen molar-refractivity contribution in [1.82, 2.24) is 0 Å². The number of carbonyl (C=O) groups excluding carboxylic acids is 1. The van der Waals surface area contributed by atoms with Crippen molar-refractivity contribution in [3.05, 3.63) is 28.2 Å². The molecule has 0 bridgehead atoms. The average Bonchev–Trinajstić information content (AvgIpc) is 2.27. The summed E-state index contributed by atoms with van der Waals surface area (Å²) in [6, 6.07) is 5.27. The first-order chi connectivity index (χ1) is 7.10. The second-order valence-corrected chi connectivity index (χ2v) is 4.12. The Hall–Kier alpha value is -0.740. The average molecular weight is 294 g/mol. The van der Waals surface area contributed by atoms with Gasteiger partial charge in [0, 0.05) is 10.0 Å². The van der Waals surface area contributed by atoms with Gasteiger partial charge in [0.25, 0.3) is 0 Å². The summed E-state index contributed by atoms with van der Waals surface area (Å²) in [6.07, 6.45) is 0. The van der Waals surface area contributed by atoms with Crippen molar-refractivity contribution in [2.24, 2.45) is 0 Å². The fraction of sp³-hybridized carbons (Fsp3) is 0.300. The molecule has 0 aliphatic carbocycles. The molecule has 1 aromatic rings. The third kappa shape index (κ3) is 2.86. The number of hydrogen-bond donors (Lipinski definition) is 0. The molecule has 0 heterocycles. The Morgan fingerprint density at radius 2 is 2.13 bits per heavy atom. The van der Waals surface area contributed by atoms with Crippen molar-refractivity contribution in [3.63, 3.8) is 0 Å². The molecular formula is C10H10BrClO3. The molecule has 0 aliphatic heterocycles. The predicted molar refractivity (Wildman–Crippen MR) is 61.3 cm³/mol.